The van der Waals surface area contributed by atoms with Crippen LogP contribution in [0.1, 0.15) is 34.7 Å². The number of primary amides is 1. The molecule has 4 nitrogen and oxygen atoms in total. The van der Waals surface area contributed by atoms with Crippen molar-refractivity contribution in [3.8, 4) is 0 Å². The van der Waals surface area contributed by atoms with Gasteiger partial charge in [-0.1, -0.05) is 0 Å². The van der Waals surface area contributed by atoms with Gasteiger partial charge in [0.15, 0.2) is 0 Å². The zero-order valence-electron chi connectivity index (χ0n) is 8.48. The van der Waals surface area contributed by atoms with Gasteiger partial charge < -0.3 is 10.5 Å². The fourth-order valence-electron chi connectivity index (χ4n) is 1.85. The number of hydrogen-bond donors (Lipinski definition) is 1. The van der Waals surface area contributed by atoms with Crippen LogP contribution in [0.4, 0.5) is 0 Å². The van der Waals surface area contributed by atoms with Crippen molar-refractivity contribution >= 4 is 5.91 Å². The second kappa shape index (κ2) is 4.40. The number of nitrogens with zero attached hydrogens (tertiary/aromatic N) is 1. The van der Waals surface area contributed by atoms with Crippen LogP contribution in [-0.4, -0.2) is 24.1 Å². The highest BCUT2D eigenvalue weighted by Crippen LogP contribution is 2.26. The molecule has 0 saturated carbocycles. The molecule has 0 unspecified atom stereocenters. The summed E-state index contributed by atoms with van der Waals surface area (Å²) >= 11 is 0. The van der Waals surface area contributed by atoms with E-state index in [-0.39, 0.29) is 0 Å². The Hall–Kier alpha value is -1.42. The van der Waals surface area contributed by atoms with Crippen LogP contribution in [0.25, 0.3) is 0 Å². The molecule has 4 heteroatoms. The average molecular weight is 206 g/mol. The van der Waals surface area contributed by atoms with Gasteiger partial charge in [-0.15, -0.1) is 0 Å². The number of pyridine rings is 1. The number of amides is 1. The minimum absolute atomic E-state index is 0.420. The molecule has 1 amide bonds. The quantitative estimate of drug-likeness (QED) is 0.787. The first-order valence-corrected chi connectivity index (χ1v) is 5.10. The van der Waals surface area contributed by atoms with E-state index in [1.807, 2.05) is 12.3 Å². The topological polar surface area (TPSA) is 65.2 Å². The summed E-state index contributed by atoms with van der Waals surface area (Å²) in [6.45, 7) is 1.57. The lowest BCUT2D eigenvalue weighted by Gasteiger charge is -2.22. The molecule has 0 atom stereocenters. The molecule has 0 radical (unpaired) electrons. The van der Waals surface area contributed by atoms with Crippen molar-refractivity contribution in [2.75, 3.05) is 13.2 Å². The third-order valence-corrected chi connectivity index (χ3v) is 2.74. The lowest BCUT2D eigenvalue weighted by atomic mass is 9.92. The number of carbonyl (C=O) groups excluding carboxylic acids is 1. The molecule has 1 fully saturated rings. The van der Waals surface area contributed by atoms with Crippen LogP contribution >= 0.6 is 0 Å². The number of aromatic nitrogens is 1. The van der Waals surface area contributed by atoms with Crippen LogP contribution < -0.4 is 5.73 Å². The SMILES string of the molecule is NC(=O)c1cncc(C2CCOCC2)c1. The Morgan fingerprint density at radius 3 is 2.80 bits per heavy atom. The number of ether oxygens (including phenoxy) is 1. The van der Waals surface area contributed by atoms with Crippen LogP contribution in [0, 0.1) is 0 Å². The maximum atomic E-state index is 11.0. The van der Waals surface area contributed by atoms with Crippen molar-refractivity contribution in [3.05, 3.63) is 29.6 Å². The first kappa shape index (κ1) is 10.1. The van der Waals surface area contributed by atoms with Gasteiger partial charge in [0.25, 0.3) is 0 Å². The molecule has 2 rings (SSSR count). The molecule has 2 heterocycles. The van der Waals surface area contributed by atoms with E-state index in [4.69, 9.17) is 10.5 Å². The van der Waals surface area contributed by atoms with Gasteiger partial charge in [0, 0.05) is 25.6 Å². The maximum absolute atomic E-state index is 11.0. The molecule has 80 valence electrons. The second-order valence-electron chi connectivity index (χ2n) is 3.76. The molecule has 1 aliphatic rings. The molecule has 0 aliphatic carbocycles. The normalized spacial score (nSPS) is 17.6. The Kier molecular flexibility index (Phi) is 2.97. The molecule has 2 N–H and O–H groups in total. The third-order valence-electron chi connectivity index (χ3n) is 2.74. The van der Waals surface area contributed by atoms with Crippen LogP contribution in [0.15, 0.2) is 18.5 Å². The van der Waals surface area contributed by atoms with Gasteiger partial charge in [-0.25, -0.2) is 0 Å². The van der Waals surface area contributed by atoms with Gasteiger partial charge >= 0.3 is 0 Å². The molecule has 1 aliphatic heterocycles. The predicted octanol–water partition coefficient (Wildman–Crippen LogP) is 1.07. The monoisotopic (exact) mass is 206 g/mol. The Balaban J connectivity index is 2.19. The van der Waals surface area contributed by atoms with Crippen molar-refractivity contribution in [1.29, 1.82) is 0 Å². The smallest absolute Gasteiger partial charge is 0.250 e. The number of carbonyl (C=O) groups is 1. The van der Waals surface area contributed by atoms with Crippen molar-refractivity contribution < 1.29 is 9.53 Å². The molecule has 0 spiro atoms. The summed E-state index contributed by atoms with van der Waals surface area (Å²) in [6.07, 6.45) is 5.29. The van der Waals surface area contributed by atoms with E-state index >= 15 is 0 Å². The van der Waals surface area contributed by atoms with E-state index in [0.29, 0.717) is 11.5 Å². The number of nitrogens with two attached hydrogens (primary N) is 1. The van der Waals surface area contributed by atoms with Gasteiger partial charge in [-0.3, -0.25) is 9.78 Å². The largest absolute Gasteiger partial charge is 0.381 e. The lowest BCUT2D eigenvalue weighted by Crippen LogP contribution is -2.16. The van der Waals surface area contributed by atoms with Crippen LogP contribution in [-0.2, 0) is 4.74 Å². The number of hydrogen-bond acceptors (Lipinski definition) is 3. The summed E-state index contributed by atoms with van der Waals surface area (Å²) in [6, 6.07) is 1.84. The van der Waals surface area contributed by atoms with Crippen molar-refractivity contribution in [2.45, 2.75) is 18.8 Å². The standard InChI is InChI=1S/C11H14N2O2/c12-11(14)10-5-9(6-13-7-10)8-1-3-15-4-2-8/h5-8H,1-4H2,(H2,12,14). The first-order valence-electron chi connectivity index (χ1n) is 5.10. The molecule has 15 heavy (non-hydrogen) atoms. The number of rotatable bonds is 2. The lowest BCUT2D eigenvalue weighted by molar-refractivity contribution is 0.0852. The van der Waals surface area contributed by atoms with Gasteiger partial charge in [0.1, 0.15) is 0 Å². The van der Waals surface area contributed by atoms with E-state index in [1.54, 1.807) is 0 Å². The summed E-state index contributed by atoms with van der Waals surface area (Å²) < 4.78 is 5.29. The average Bonchev–Trinajstić information content (AvgIpc) is 2.30. The summed E-state index contributed by atoms with van der Waals surface area (Å²) in [5.41, 5.74) is 6.79. The fourth-order valence-corrected chi connectivity index (χ4v) is 1.85. The zero-order chi connectivity index (χ0) is 10.7. The van der Waals surface area contributed by atoms with E-state index < -0.39 is 5.91 Å². The van der Waals surface area contributed by atoms with Crippen LogP contribution in [0.2, 0.25) is 0 Å². The third kappa shape index (κ3) is 2.33. The van der Waals surface area contributed by atoms with Crippen molar-refractivity contribution in [2.24, 2.45) is 5.73 Å². The highest BCUT2D eigenvalue weighted by atomic mass is 16.5. The van der Waals surface area contributed by atoms with Gasteiger partial charge in [-0.05, 0) is 30.4 Å². The Labute approximate surface area is 88.4 Å². The van der Waals surface area contributed by atoms with Crippen LogP contribution in [0.5, 0.6) is 0 Å². The Morgan fingerprint density at radius 2 is 2.13 bits per heavy atom. The van der Waals surface area contributed by atoms with Crippen molar-refractivity contribution in [1.82, 2.24) is 4.98 Å². The predicted molar refractivity (Wildman–Crippen MR) is 55.5 cm³/mol. The summed E-state index contributed by atoms with van der Waals surface area (Å²) in [5, 5.41) is 0. The highest BCUT2D eigenvalue weighted by Gasteiger charge is 2.16. The van der Waals surface area contributed by atoms with E-state index in [9.17, 15) is 4.79 Å². The van der Waals surface area contributed by atoms with Gasteiger partial charge in [-0.2, -0.15) is 0 Å². The van der Waals surface area contributed by atoms with Crippen molar-refractivity contribution in [3.63, 3.8) is 0 Å². The first-order chi connectivity index (χ1) is 7.27. The zero-order valence-corrected chi connectivity index (χ0v) is 8.48. The molecule has 1 aromatic heterocycles. The molecule has 1 aromatic rings. The second-order valence-corrected chi connectivity index (χ2v) is 3.76. The molecular weight excluding hydrogens is 192 g/mol. The van der Waals surface area contributed by atoms with E-state index in [1.165, 1.54) is 6.20 Å². The van der Waals surface area contributed by atoms with Crippen LogP contribution in [0.3, 0.4) is 0 Å². The summed E-state index contributed by atoms with van der Waals surface area (Å²) in [4.78, 5) is 15.0. The summed E-state index contributed by atoms with van der Waals surface area (Å²) in [5.74, 6) is 0.0296. The molecule has 0 aromatic carbocycles. The summed E-state index contributed by atoms with van der Waals surface area (Å²) in [7, 11) is 0. The molecular formula is C11H14N2O2. The van der Waals surface area contributed by atoms with Gasteiger partial charge in [0.05, 0.1) is 5.56 Å². The Morgan fingerprint density at radius 1 is 1.40 bits per heavy atom. The molecule has 0 bridgehead atoms. The highest BCUT2D eigenvalue weighted by molar-refractivity contribution is 5.92. The van der Waals surface area contributed by atoms with E-state index in [2.05, 4.69) is 4.98 Å². The molecule has 1 saturated heterocycles. The van der Waals surface area contributed by atoms with Gasteiger partial charge in [0.2, 0.25) is 5.91 Å². The van der Waals surface area contributed by atoms with E-state index in [0.717, 1.165) is 31.6 Å². The Bertz CT molecular complexity index is 359. The minimum atomic E-state index is -0.420. The minimum Gasteiger partial charge on any atom is -0.381 e. The maximum Gasteiger partial charge on any atom is 0.250 e. The fraction of sp³-hybridized carbons (Fsp3) is 0.455.